The van der Waals surface area contributed by atoms with E-state index in [9.17, 15) is 18.4 Å². The van der Waals surface area contributed by atoms with Gasteiger partial charge in [0, 0.05) is 5.69 Å². The molecule has 2 aromatic rings. The summed E-state index contributed by atoms with van der Waals surface area (Å²) in [6, 6.07) is 7.17. The number of hydrogen-bond acceptors (Lipinski definition) is 4. The van der Waals surface area contributed by atoms with Gasteiger partial charge in [0.1, 0.15) is 5.82 Å². The Morgan fingerprint density at radius 3 is 2.44 bits per heavy atom. The highest BCUT2D eigenvalue weighted by Gasteiger charge is 2.20. The molecule has 0 radical (unpaired) electrons. The maximum Gasteiger partial charge on any atom is 0.339 e. The van der Waals surface area contributed by atoms with Crippen molar-refractivity contribution < 1.29 is 27.8 Å². The number of benzene rings is 2. The average Bonchev–Trinajstić information content (AvgIpc) is 2.57. The Balaban J connectivity index is 2.01. The predicted molar refractivity (Wildman–Crippen MR) is 87.9 cm³/mol. The fourth-order valence-electron chi connectivity index (χ4n) is 1.89. The molecule has 0 aliphatic carbocycles. The highest BCUT2D eigenvalue weighted by Crippen LogP contribution is 2.20. The summed E-state index contributed by atoms with van der Waals surface area (Å²) >= 11 is 5.62. The van der Waals surface area contributed by atoms with E-state index in [1.54, 1.807) is 0 Å². The zero-order valence-electron chi connectivity index (χ0n) is 13.3. The van der Waals surface area contributed by atoms with Gasteiger partial charge in [-0.1, -0.05) is 11.6 Å². The Kier molecular flexibility index (Phi) is 5.93. The molecule has 0 saturated heterocycles. The number of carbonyl (C=O) groups is 2. The number of carbonyl (C=O) groups excluding carboxylic acids is 2. The van der Waals surface area contributed by atoms with Gasteiger partial charge in [-0.2, -0.15) is 0 Å². The van der Waals surface area contributed by atoms with E-state index >= 15 is 0 Å². The van der Waals surface area contributed by atoms with Crippen molar-refractivity contribution in [3.05, 3.63) is 58.6 Å². The summed E-state index contributed by atoms with van der Waals surface area (Å²) in [5.41, 5.74) is 0.178. The van der Waals surface area contributed by atoms with Crippen molar-refractivity contribution in [2.75, 3.05) is 12.4 Å². The van der Waals surface area contributed by atoms with E-state index in [1.165, 1.54) is 38.3 Å². The SMILES string of the molecule is COc1ccc(C(=O)O[C@H](C)C(=O)Nc2ccc(F)c(Cl)c2)cc1F. The number of methoxy groups -OCH3 is 1. The Morgan fingerprint density at radius 2 is 1.84 bits per heavy atom. The third kappa shape index (κ3) is 4.67. The summed E-state index contributed by atoms with van der Waals surface area (Å²) in [4.78, 5) is 24.0. The van der Waals surface area contributed by atoms with Crippen LogP contribution in [-0.2, 0) is 9.53 Å². The zero-order chi connectivity index (χ0) is 18.6. The number of hydrogen-bond donors (Lipinski definition) is 1. The van der Waals surface area contributed by atoms with Gasteiger partial charge in [-0.15, -0.1) is 0 Å². The second-order valence-corrected chi connectivity index (χ2v) is 5.42. The first-order valence-electron chi connectivity index (χ1n) is 7.12. The molecule has 1 atom stereocenters. The van der Waals surface area contributed by atoms with Crippen molar-refractivity contribution in [2.45, 2.75) is 13.0 Å². The highest BCUT2D eigenvalue weighted by atomic mass is 35.5. The van der Waals surface area contributed by atoms with Gasteiger partial charge in [0.25, 0.3) is 5.91 Å². The van der Waals surface area contributed by atoms with Crippen LogP contribution < -0.4 is 10.1 Å². The normalized spacial score (nSPS) is 11.6. The summed E-state index contributed by atoms with van der Waals surface area (Å²) in [6.45, 7) is 1.35. The average molecular weight is 370 g/mol. The van der Waals surface area contributed by atoms with Gasteiger partial charge in [-0.25, -0.2) is 13.6 Å². The lowest BCUT2D eigenvalue weighted by Gasteiger charge is -2.14. The maximum absolute atomic E-state index is 13.6. The van der Waals surface area contributed by atoms with Crippen molar-refractivity contribution in [3.8, 4) is 5.75 Å². The molecule has 8 heteroatoms. The summed E-state index contributed by atoms with van der Waals surface area (Å²) in [7, 11) is 1.30. The van der Waals surface area contributed by atoms with Crippen molar-refractivity contribution >= 4 is 29.2 Å². The van der Waals surface area contributed by atoms with E-state index in [0.29, 0.717) is 0 Å². The second-order valence-electron chi connectivity index (χ2n) is 5.02. The number of halogens is 3. The first kappa shape index (κ1) is 18.7. The van der Waals surface area contributed by atoms with Gasteiger partial charge in [-0.3, -0.25) is 4.79 Å². The van der Waals surface area contributed by atoms with E-state index in [2.05, 4.69) is 5.32 Å². The van der Waals surface area contributed by atoms with Crippen molar-refractivity contribution in [1.82, 2.24) is 0 Å². The van der Waals surface area contributed by atoms with Gasteiger partial charge < -0.3 is 14.8 Å². The van der Waals surface area contributed by atoms with Crippen molar-refractivity contribution in [1.29, 1.82) is 0 Å². The maximum atomic E-state index is 13.6. The topological polar surface area (TPSA) is 64.6 Å². The molecule has 5 nitrogen and oxygen atoms in total. The third-order valence-corrected chi connectivity index (χ3v) is 3.52. The van der Waals surface area contributed by atoms with Crippen LogP contribution >= 0.6 is 11.6 Å². The van der Waals surface area contributed by atoms with Crippen LogP contribution in [0.15, 0.2) is 36.4 Å². The van der Waals surface area contributed by atoms with Gasteiger partial charge >= 0.3 is 5.97 Å². The molecule has 0 saturated carbocycles. The van der Waals surface area contributed by atoms with Crippen LogP contribution in [0.4, 0.5) is 14.5 Å². The molecular weight excluding hydrogens is 356 g/mol. The van der Waals surface area contributed by atoms with Crippen molar-refractivity contribution in [2.24, 2.45) is 0 Å². The number of esters is 1. The number of nitrogens with one attached hydrogen (secondary N) is 1. The molecule has 0 spiro atoms. The van der Waals surface area contributed by atoms with Crippen molar-refractivity contribution in [3.63, 3.8) is 0 Å². The van der Waals surface area contributed by atoms with Gasteiger partial charge in [-0.05, 0) is 43.3 Å². The second kappa shape index (κ2) is 7.94. The Morgan fingerprint density at radius 1 is 1.12 bits per heavy atom. The molecule has 0 aliphatic heterocycles. The summed E-state index contributed by atoms with van der Waals surface area (Å²) in [6.07, 6.45) is -1.17. The first-order chi connectivity index (χ1) is 11.8. The molecule has 1 amide bonds. The number of ether oxygens (including phenoxy) is 2. The van der Waals surface area contributed by atoms with Crippen LogP contribution in [0.5, 0.6) is 5.75 Å². The molecule has 0 fully saturated rings. The van der Waals surface area contributed by atoms with E-state index in [0.717, 1.165) is 12.1 Å². The first-order valence-corrected chi connectivity index (χ1v) is 7.50. The zero-order valence-corrected chi connectivity index (χ0v) is 14.1. The summed E-state index contributed by atoms with van der Waals surface area (Å²) in [5.74, 6) is -2.89. The molecule has 1 N–H and O–H groups in total. The van der Waals surface area contributed by atoms with Crippen LogP contribution in [0.1, 0.15) is 17.3 Å². The lowest BCUT2D eigenvalue weighted by Crippen LogP contribution is -2.30. The monoisotopic (exact) mass is 369 g/mol. The number of amides is 1. The van der Waals surface area contributed by atoms with Crippen LogP contribution in [-0.4, -0.2) is 25.1 Å². The highest BCUT2D eigenvalue weighted by molar-refractivity contribution is 6.31. The number of anilines is 1. The molecule has 132 valence electrons. The Hall–Kier alpha value is -2.67. The molecule has 0 heterocycles. The van der Waals surface area contributed by atoms with E-state index in [1.807, 2.05) is 0 Å². The minimum atomic E-state index is -1.17. The quantitative estimate of drug-likeness (QED) is 0.814. The molecule has 0 aliphatic rings. The van der Waals surface area contributed by atoms with E-state index in [4.69, 9.17) is 21.1 Å². The van der Waals surface area contributed by atoms with E-state index in [-0.39, 0.29) is 22.0 Å². The molecule has 2 rings (SSSR count). The van der Waals surface area contributed by atoms with Crippen LogP contribution in [0.2, 0.25) is 5.02 Å². The fourth-order valence-corrected chi connectivity index (χ4v) is 2.07. The fraction of sp³-hybridized carbons (Fsp3) is 0.176. The Bertz CT molecular complexity index is 813. The smallest absolute Gasteiger partial charge is 0.339 e. The van der Waals surface area contributed by atoms with Crippen LogP contribution in [0.25, 0.3) is 0 Å². The molecule has 2 aromatic carbocycles. The third-order valence-electron chi connectivity index (χ3n) is 3.23. The molecule has 0 unspecified atom stereocenters. The standard InChI is InChI=1S/C17H14ClF2NO4/c1-9(16(22)21-11-4-5-13(19)12(18)8-11)25-17(23)10-3-6-15(24-2)14(20)7-10/h3-9H,1-2H3,(H,21,22)/t9-/m1/s1. The number of rotatable bonds is 5. The molecule has 0 bridgehead atoms. The lowest BCUT2D eigenvalue weighted by atomic mass is 10.2. The van der Waals surface area contributed by atoms with Gasteiger partial charge in [0.15, 0.2) is 17.7 Å². The largest absolute Gasteiger partial charge is 0.494 e. The van der Waals surface area contributed by atoms with Gasteiger partial charge in [0.05, 0.1) is 17.7 Å². The molecule has 0 aromatic heterocycles. The van der Waals surface area contributed by atoms with Crippen LogP contribution in [0, 0.1) is 11.6 Å². The molecule has 25 heavy (non-hydrogen) atoms. The lowest BCUT2D eigenvalue weighted by molar-refractivity contribution is -0.123. The Labute approximate surface area is 147 Å². The summed E-state index contributed by atoms with van der Waals surface area (Å²) < 4.78 is 36.4. The minimum absolute atomic E-state index is 0.0180. The molecular formula is C17H14ClF2NO4. The minimum Gasteiger partial charge on any atom is -0.494 e. The summed E-state index contributed by atoms with van der Waals surface area (Å²) in [5, 5.41) is 2.28. The van der Waals surface area contributed by atoms with E-state index < -0.39 is 29.6 Å². The van der Waals surface area contributed by atoms with Gasteiger partial charge in [0.2, 0.25) is 0 Å². The van der Waals surface area contributed by atoms with Crippen LogP contribution in [0.3, 0.4) is 0 Å². The predicted octanol–water partition coefficient (Wildman–Crippen LogP) is 3.81.